The predicted molar refractivity (Wildman–Crippen MR) is 104 cm³/mol. The molecular formula is C15H24BrFIN3O. The smallest absolute Gasteiger partial charge is 0.191 e. The second kappa shape index (κ2) is 13.1. The summed E-state index contributed by atoms with van der Waals surface area (Å²) in [5, 5.41) is 6.46. The number of benzene rings is 1. The number of halogens is 3. The van der Waals surface area contributed by atoms with Crippen molar-refractivity contribution >= 4 is 45.9 Å². The second-order valence-corrected chi connectivity index (χ2v) is 5.39. The average Bonchev–Trinajstić information content (AvgIpc) is 2.47. The summed E-state index contributed by atoms with van der Waals surface area (Å²) in [7, 11) is 1.69. The van der Waals surface area contributed by atoms with Crippen LogP contribution in [0.2, 0.25) is 0 Å². The fraction of sp³-hybridized carbons (Fsp3) is 0.533. The Hall–Kier alpha value is -0.410. The first-order valence-electron chi connectivity index (χ1n) is 7.12. The van der Waals surface area contributed by atoms with Gasteiger partial charge in [-0.05, 0) is 53.4 Å². The van der Waals surface area contributed by atoms with E-state index in [1.165, 1.54) is 6.07 Å². The van der Waals surface area contributed by atoms with E-state index in [2.05, 4.69) is 31.6 Å². The van der Waals surface area contributed by atoms with Crippen LogP contribution >= 0.6 is 39.9 Å². The van der Waals surface area contributed by atoms with Crippen LogP contribution in [0.15, 0.2) is 27.7 Å². The van der Waals surface area contributed by atoms with E-state index in [4.69, 9.17) is 4.74 Å². The predicted octanol–water partition coefficient (Wildman–Crippen LogP) is 3.34. The highest BCUT2D eigenvalue weighted by atomic mass is 127. The standard InChI is InChI=1S/C15H23BrFN3O.HI/c1-3-18-15(19-8-4-10-21-2)20-9-7-12-5-6-14(17)13(16)11-12;/h5-6,11H,3-4,7-10H2,1-2H3,(H2,18,19,20);1H. The zero-order valence-corrected chi connectivity index (χ0v) is 16.9. The molecule has 0 bridgehead atoms. The number of aliphatic imine (C=N–C) groups is 1. The zero-order chi connectivity index (χ0) is 15.5. The maximum Gasteiger partial charge on any atom is 0.191 e. The topological polar surface area (TPSA) is 45.7 Å². The maximum absolute atomic E-state index is 13.1. The summed E-state index contributed by atoms with van der Waals surface area (Å²) in [6.07, 6.45) is 1.71. The molecule has 0 heterocycles. The minimum atomic E-state index is -0.236. The highest BCUT2D eigenvalue weighted by Gasteiger charge is 2.01. The van der Waals surface area contributed by atoms with E-state index in [9.17, 15) is 4.39 Å². The second-order valence-electron chi connectivity index (χ2n) is 4.53. The highest BCUT2D eigenvalue weighted by molar-refractivity contribution is 14.0. The largest absolute Gasteiger partial charge is 0.385 e. The van der Waals surface area contributed by atoms with Crippen molar-refractivity contribution in [2.45, 2.75) is 19.8 Å². The quantitative estimate of drug-likeness (QED) is 0.256. The normalized spacial score (nSPS) is 11.0. The van der Waals surface area contributed by atoms with Gasteiger partial charge in [0.2, 0.25) is 0 Å². The highest BCUT2D eigenvalue weighted by Crippen LogP contribution is 2.16. The lowest BCUT2D eigenvalue weighted by atomic mass is 10.1. The molecule has 0 aromatic heterocycles. The molecule has 0 radical (unpaired) electrons. The van der Waals surface area contributed by atoms with Crippen LogP contribution in [0.5, 0.6) is 0 Å². The first-order valence-corrected chi connectivity index (χ1v) is 7.91. The van der Waals surface area contributed by atoms with Crippen molar-refractivity contribution in [1.29, 1.82) is 0 Å². The number of rotatable bonds is 8. The fourth-order valence-corrected chi connectivity index (χ4v) is 2.19. The average molecular weight is 488 g/mol. The van der Waals surface area contributed by atoms with Crippen LogP contribution in [-0.2, 0) is 11.2 Å². The van der Waals surface area contributed by atoms with Crippen LogP contribution in [0.4, 0.5) is 4.39 Å². The fourth-order valence-electron chi connectivity index (χ4n) is 1.76. The molecule has 1 rings (SSSR count). The van der Waals surface area contributed by atoms with Gasteiger partial charge in [0.15, 0.2) is 5.96 Å². The van der Waals surface area contributed by atoms with E-state index in [1.807, 2.05) is 6.92 Å². The van der Waals surface area contributed by atoms with Crippen molar-refractivity contribution in [3.05, 3.63) is 34.1 Å². The summed E-state index contributed by atoms with van der Waals surface area (Å²) in [6.45, 7) is 5.04. The van der Waals surface area contributed by atoms with Gasteiger partial charge in [0, 0.05) is 33.4 Å². The number of methoxy groups -OCH3 is 1. The van der Waals surface area contributed by atoms with Gasteiger partial charge < -0.3 is 15.4 Å². The number of hydrogen-bond acceptors (Lipinski definition) is 2. The van der Waals surface area contributed by atoms with Crippen molar-refractivity contribution in [2.75, 3.05) is 33.4 Å². The van der Waals surface area contributed by atoms with E-state index in [-0.39, 0.29) is 29.8 Å². The summed E-state index contributed by atoms with van der Waals surface area (Å²) in [6, 6.07) is 5.08. The molecule has 0 aliphatic carbocycles. The molecular weight excluding hydrogens is 464 g/mol. The molecule has 0 amide bonds. The molecule has 22 heavy (non-hydrogen) atoms. The van der Waals surface area contributed by atoms with Gasteiger partial charge in [-0.1, -0.05) is 6.07 Å². The van der Waals surface area contributed by atoms with Crippen LogP contribution in [0.25, 0.3) is 0 Å². The molecule has 0 fully saturated rings. The van der Waals surface area contributed by atoms with Crippen LogP contribution in [0.3, 0.4) is 0 Å². The van der Waals surface area contributed by atoms with Gasteiger partial charge in [-0.2, -0.15) is 0 Å². The molecule has 2 N–H and O–H groups in total. The monoisotopic (exact) mass is 487 g/mol. The van der Waals surface area contributed by atoms with Gasteiger partial charge in [0.1, 0.15) is 5.82 Å². The molecule has 0 atom stereocenters. The molecule has 0 aliphatic rings. The summed E-state index contributed by atoms with van der Waals surface area (Å²) in [4.78, 5) is 4.46. The number of nitrogens with zero attached hydrogens (tertiary/aromatic N) is 1. The van der Waals surface area contributed by atoms with Gasteiger partial charge in [-0.25, -0.2) is 4.39 Å². The van der Waals surface area contributed by atoms with Crippen LogP contribution < -0.4 is 10.6 Å². The molecule has 126 valence electrons. The van der Waals surface area contributed by atoms with Gasteiger partial charge >= 0.3 is 0 Å². The number of hydrogen-bond donors (Lipinski definition) is 2. The SMILES string of the molecule is CCNC(=NCCCOC)NCCc1ccc(F)c(Br)c1.I. The Morgan fingerprint density at radius 1 is 1.36 bits per heavy atom. The van der Waals surface area contributed by atoms with E-state index in [0.29, 0.717) is 11.1 Å². The van der Waals surface area contributed by atoms with Gasteiger partial charge in [-0.15, -0.1) is 24.0 Å². The van der Waals surface area contributed by atoms with E-state index in [0.717, 1.165) is 44.0 Å². The summed E-state index contributed by atoms with van der Waals surface area (Å²) < 4.78 is 18.6. The van der Waals surface area contributed by atoms with E-state index < -0.39 is 0 Å². The molecule has 0 aliphatic heterocycles. The van der Waals surface area contributed by atoms with Crippen LogP contribution in [-0.4, -0.2) is 39.3 Å². The van der Waals surface area contributed by atoms with Crippen LogP contribution in [0.1, 0.15) is 18.9 Å². The van der Waals surface area contributed by atoms with Crippen molar-refractivity contribution in [1.82, 2.24) is 10.6 Å². The summed E-state index contributed by atoms with van der Waals surface area (Å²) >= 11 is 3.20. The Labute approximate surface area is 157 Å². The first-order chi connectivity index (χ1) is 10.2. The Bertz CT molecular complexity index is 460. The summed E-state index contributed by atoms with van der Waals surface area (Å²) in [5.41, 5.74) is 1.08. The van der Waals surface area contributed by atoms with Gasteiger partial charge in [-0.3, -0.25) is 4.99 Å². The third-order valence-electron chi connectivity index (χ3n) is 2.81. The lowest BCUT2D eigenvalue weighted by Gasteiger charge is -2.11. The third-order valence-corrected chi connectivity index (χ3v) is 3.42. The Kier molecular flexibility index (Phi) is 12.8. The lowest BCUT2D eigenvalue weighted by molar-refractivity contribution is 0.197. The molecule has 0 saturated heterocycles. The van der Waals surface area contributed by atoms with Crippen molar-refractivity contribution in [2.24, 2.45) is 4.99 Å². The van der Waals surface area contributed by atoms with Crippen LogP contribution in [0, 0.1) is 5.82 Å². The minimum absolute atomic E-state index is 0. The molecule has 0 spiro atoms. The molecule has 0 unspecified atom stereocenters. The molecule has 1 aromatic carbocycles. The maximum atomic E-state index is 13.1. The van der Waals surface area contributed by atoms with Crippen molar-refractivity contribution in [3.8, 4) is 0 Å². The molecule has 7 heteroatoms. The number of guanidine groups is 1. The lowest BCUT2D eigenvalue weighted by Crippen LogP contribution is -2.38. The number of nitrogens with one attached hydrogen (secondary N) is 2. The van der Waals surface area contributed by atoms with E-state index >= 15 is 0 Å². The molecule has 1 aromatic rings. The molecule has 4 nitrogen and oxygen atoms in total. The van der Waals surface area contributed by atoms with Crippen molar-refractivity contribution < 1.29 is 9.13 Å². The number of ether oxygens (including phenoxy) is 1. The van der Waals surface area contributed by atoms with E-state index in [1.54, 1.807) is 19.2 Å². The Morgan fingerprint density at radius 2 is 2.14 bits per heavy atom. The molecule has 0 saturated carbocycles. The van der Waals surface area contributed by atoms with Gasteiger partial charge in [0.25, 0.3) is 0 Å². The third kappa shape index (κ3) is 8.89. The summed E-state index contributed by atoms with van der Waals surface area (Å²) in [5.74, 6) is 0.564. The minimum Gasteiger partial charge on any atom is -0.385 e. The first kappa shape index (κ1) is 21.6. The zero-order valence-electron chi connectivity index (χ0n) is 13.0. The van der Waals surface area contributed by atoms with Crippen molar-refractivity contribution in [3.63, 3.8) is 0 Å². The Balaban J connectivity index is 0.00000441. The Morgan fingerprint density at radius 3 is 2.77 bits per heavy atom. The van der Waals surface area contributed by atoms with Gasteiger partial charge in [0.05, 0.1) is 4.47 Å².